The normalized spacial score (nSPS) is 10.6. The van der Waals surface area contributed by atoms with Gasteiger partial charge in [-0.3, -0.25) is 0 Å². The molecule has 0 fully saturated rings. The Morgan fingerprint density at radius 2 is 2.20 bits per heavy atom. The van der Waals surface area contributed by atoms with Crippen molar-refractivity contribution in [2.75, 3.05) is 5.73 Å². The first kappa shape index (κ1) is 10.4. The number of nitrogen functional groups attached to an aromatic ring is 1. The molecule has 0 atom stereocenters. The van der Waals surface area contributed by atoms with Gasteiger partial charge in [-0.25, -0.2) is 4.39 Å². The molecule has 2 rings (SSSR count). The van der Waals surface area contributed by atoms with E-state index >= 15 is 0 Å². The lowest BCUT2D eigenvalue weighted by Crippen LogP contribution is -1.85. The quantitative estimate of drug-likeness (QED) is 0.875. The summed E-state index contributed by atoms with van der Waals surface area (Å²) in [6, 6.07) is 4.42. The lowest BCUT2D eigenvalue weighted by molar-refractivity contribution is 0.433. The van der Waals surface area contributed by atoms with Crippen molar-refractivity contribution in [3.05, 3.63) is 33.5 Å². The number of rotatable bonds is 1. The van der Waals surface area contributed by atoms with Crippen LogP contribution in [0, 0.1) is 5.82 Å². The smallest absolute Gasteiger partial charge is 0.190 e. The van der Waals surface area contributed by atoms with Crippen LogP contribution in [-0.2, 0) is 0 Å². The third-order valence-corrected chi connectivity index (χ3v) is 2.69. The van der Waals surface area contributed by atoms with Gasteiger partial charge in [0.05, 0.1) is 5.56 Å². The second-order valence-electron chi connectivity index (χ2n) is 2.84. The molecule has 78 valence electrons. The molecule has 0 aliphatic rings. The van der Waals surface area contributed by atoms with Crippen molar-refractivity contribution in [3.8, 4) is 11.3 Å². The van der Waals surface area contributed by atoms with E-state index in [1.165, 1.54) is 6.07 Å². The zero-order chi connectivity index (χ0) is 11.0. The molecule has 2 aromatic rings. The highest BCUT2D eigenvalue weighted by Crippen LogP contribution is 2.34. The Morgan fingerprint density at radius 1 is 1.47 bits per heavy atom. The summed E-state index contributed by atoms with van der Waals surface area (Å²) in [7, 11) is 0. The van der Waals surface area contributed by atoms with Crippen LogP contribution in [0.5, 0.6) is 0 Å². The fourth-order valence-corrected chi connectivity index (χ4v) is 1.66. The van der Waals surface area contributed by atoms with Crippen LogP contribution in [0.2, 0.25) is 5.02 Å². The van der Waals surface area contributed by atoms with Crippen molar-refractivity contribution < 1.29 is 8.91 Å². The monoisotopic (exact) mass is 290 g/mol. The van der Waals surface area contributed by atoms with Crippen LogP contribution in [0.3, 0.4) is 0 Å². The van der Waals surface area contributed by atoms with Crippen LogP contribution in [0.25, 0.3) is 11.3 Å². The summed E-state index contributed by atoms with van der Waals surface area (Å²) in [5, 5.41) is 3.57. The van der Waals surface area contributed by atoms with Gasteiger partial charge >= 0.3 is 0 Å². The maximum absolute atomic E-state index is 13.4. The fraction of sp³-hybridized carbons (Fsp3) is 0. The van der Waals surface area contributed by atoms with Gasteiger partial charge in [0.15, 0.2) is 11.6 Å². The number of halogens is 3. The van der Waals surface area contributed by atoms with Crippen molar-refractivity contribution in [1.82, 2.24) is 5.16 Å². The predicted molar refractivity (Wildman–Crippen MR) is 59.0 cm³/mol. The van der Waals surface area contributed by atoms with Crippen molar-refractivity contribution in [3.63, 3.8) is 0 Å². The molecular formula is C9H5BrClFN2O. The van der Waals surface area contributed by atoms with Gasteiger partial charge in [-0.2, -0.15) is 0 Å². The molecule has 0 amide bonds. The Bertz CT molecular complexity index is 515. The van der Waals surface area contributed by atoms with Crippen LogP contribution in [0.1, 0.15) is 0 Å². The van der Waals surface area contributed by atoms with E-state index in [9.17, 15) is 4.39 Å². The molecule has 6 heteroatoms. The summed E-state index contributed by atoms with van der Waals surface area (Å²) in [5.74, 6) is -0.268. The number of nitrogens with zero attached hydrogens (tertiary/aromatic N) is 1. The fourth-order valence-electron chi connectivity index (χ4n) is 1.13. The number of aromatic nitrogens is 1. The molecule has 0 bridgehead atoms. The topological polar surface area (TPSA) is 52.0 Å². The second kappa shape index (κ2) is 3.83. The molecule has 0 aliphatic carbocycles. The van der Waals surface area contributed by atoms with E-state index in [4.69, 9.17) is 21.9 Å². The van der Waals surface area contributed by atoms with Crippen molar-refractivity contribution in [2.24, 2.45) is 0 Å². The highest BCUT2D eigenvalue weighted by atomic mass is 79.9. The Balaban J connectivity index is 2.63. The van der Waals surface area contributed by atoms with E-state index in [1.807, 2.05) is 0 Å². The first-order chi connectivity index (χ1) is 7.09. The zero-order valence-electron chi connectivity index (χ0n) is 7.30. The minimum atomic E-state index is -0.448. The van der Waals surface area contributed by atoms with Gasteiger partial charge in [0.2, 0.25) is 0 Å². The molecule has 0 saturated heterocycles. The highest BCUT2D eigenvalue weighted by Gasteiger charge is 2.17. The lowest BCUT2D eigenvalue weighted by atomic mass is 10.1. The summed E-state index contributed by atoms with van der Waals surface area (Å²) in [4.78, 5) is 0. The molecule has 15 heavy (non-hydrogen) atoms. The van der Waals surface area contributed by atoms with Gasteiger partial charge in [0.1, 0.15) is 10.8 Å². The average molecular weight is 292 g/mol. The Morgan fingerprint density at radius 3 is 2.80 bits per heavy atom. The van der Waals surface area contributed by atoms with E-state index in [-0.39, 0.29) is 22.2 Å². The SMILES string of the molecule is Nc1noc(-c2cc(Br)ccc2F)c1Cl. The predicted octanol–water partition coefficient (Wildman–Crippen LogP) is 3.48. The molecule has 0 aliphatic heterocycles. The molecule has 1 heterocycles. The first-order valence-electron chi connectivity index (χ1n) is 3.95. The van der Waals surface area contributed by atoms with Crippen molar-refractivity contribution >= 4 is 33.3 Å². The summed E-state index contributed by atoms with van der Waals surface area (Å²) in [5.41, 5.74) is 5.62. The number of anilines is 1. The molecule has 2 N–H and O–H groups in total. The van der Waals surface area contributed by atoms with E-state index in [0.717, 1.165) is 0 Å². The van der Waals surface area contributed by atoms with Gasteiger partial charge in [0.25, 0.3) is 0 Å². The number of hydrogen-bond acceptors (Lipinski definition) is 3. The molecule has 0 unspecified atom stereocenters. The van der Waals surface area contributed by atoms with E-state index < -0.39 is 5.82 Å². The summed E-state index contributed by atoms with van der Waals surface area (Å²) < 4.78 is 19.0. The summed E-state index contributed by atoms with van der Waals surface area (Å²) in [6.45, 7) is 0. The standard InChI is InChI=1S/C9H5BrClFN2O/c10-4-1-2-6(12)5(3-4)8-7(11)9(13)14-15-8/h1-3H,(H2,13,14). The van der Waals surface area contributed by atoms with Crippen LogP contribution >= 0.6 is 27.5 Å². The summed E-state index contributed by atoms with van der Waals surface area (Å²) >= 11 is 9.03. The van der Waals surface area contributed by atoms with Crippen LogP contribution in [0.15, 0.2) is 27.2 Å². The maximum atomic E-state index is 13.4. The van der Waals surface area contributed by atoms with E-state index in [0.29, 0.717) is 4.47 Å². The van der Waals surface area contributed by atoms with Gasteiger partial charge in [-0.1, -0.05) is 32.7 Å². The maximum Gasteiger partial charge on any atom is 0.190 e. The molecule has 1 aromatic heterocycles. The summed E-state index contributed by atoms with van der Waals surface area (Å²) in [6.07, 6.45) is 0. The number of nitrogens with two attached hydrogens (primary N) is 1. The third kappa shape index (κ3) is 1.85. The molecular weight excluding hydrogens is 286 g/mol. The Hall–Kier alpha value is -1.07. The minimum Gasteiger partial charge on any atom is -0.380 e. The second-order valence-corrected chi connectivity index (χ2v) is 4.13. The molecule has 1 aromatic carbocycles. The van der Waals surface area contributed by atoms with Gasteiger partial charge in [-0.05, 0) is 18.2 Å². The van der Waals surface area contributed by atoms with Gasteiger partial charge in [0, 0.05) is 4.47 Å². The van der Waals surface area contributed by atoms with E-state index in [2.05, 4.69) is 21.1 Å². The Labute approximate surface area is 98.1 Å². The Kier molecular flexibility index (Phi) is 2.67. The van der Waals surface area contributed by atoms with Gasteiger partial charge in [-0.15, -0.1) is 0 Å². The third-order valence-electron chi connectivity index (χ3n) is 1.83. The number of hydrogen-bond donors (Lipinski definition) is 1. The zero-order valence-corrected chi connectivity index (χ0v) is 9.64. The van der Waals surface area contributed by atoms with Crippen LogP contribution < -0.4 is 5.73 Å². The average Bonchev–Trinajstić information content (AvgIpc) is 2.52. The molecule has 0 radical (unpaired) electrons. The van der Waals surface area contributed by atoms with Gasteiger partial charge < -0.3 is 10.3 Å². The largest absolute Gasteiger partial charge is 0.380 e. The lowest BCUT2D eigenvalue weighted by Gasteiger charge is -1.99. The molecule has 0 spiro atoms. The van der Waals surface area contributed by atoms with Crippen molar-refractivity contribution in [2.45, 2.75) is 0 Å². The van der Waals surface area contributed by atoms with Crippen LogP contribution in [0.4, 0.5) is 10.2 Å². The number of benzene rings is 1. The van der Waals surface area contributed by atoms with Crippen molar-refractivity contribution in [1.29, 1.82) is 0 Å². The van der Waals surface area contributed by atoms with Crippen LogP contribution in [-0.4, -0.2) is 5.16 Å². The highest BCUT2D eigenvalue weighted by molar-refractivity contribution is 9.10. The minimum absolute atomic E-state index is 0.0473. The first-order valence-corrected chi connectivity index (χ1v) is 5.12. The molecule has 0 saturated carbocycles. The molecule has 3 nitrogen and oxygen atoms in total. The van der Waals surface area contributed by atoms with E-state index in [1.54, 1.807) is 12.1 Å².